The average Bonchev–Trinajstić information content (AvgIpc) is 3.26. The minimum Gasteiger partial charge on any atom is -0.457 e. The van der Waals surface area contributed by atoms with Crippen molar-refractivity contribution in [1.82, 2.24) is 5.32 Å². The number of rotatable bonds is 5. The van der Waals surface area contributed by atoms with Gasteiger partial charge in [0.1, 0.15) is 11.5 Å². The highest BCUT2D eigenvalue weighted by molar-refractivity contribution is 6.42. The smallest absolute Gasteiger partial charge is 0.133 e. The van der Waals surface area contributed by atoms with E-state index in [1.807, 2.05) is 18.2 Å². The molecule has 110 valence electrons. The van der Waals surface area contributed by atoms with E-state index in [0.717, 1.165) is 17.9 Å². The summed E-state index contributed by atoms with van der Waals surface area (Å²) in [5, 5.41) is 5.08. The molecule has 0 saturated heterocycles. The molecule has 1 aliphatic rings. The monoisotopic (exact) mass is 341 g/mol. The summed E-state index contributed by atoms with van der Waals surface area (Å²) in [5.41, 5.74) is 1.07. The SMILES string of the molecule is Clc1ccc(CNC2CC2)c(Oc2ccc(Cl)c(Cl)c2)c1. The second-order valence-electron chi connectivity index (χ2n) is 5.09. The number of benzene rings is 2. The molecule has 2 nitrogen and oxygen atoms in total. The average molecular weight is 343 g/mol. The first-order valence-electron chi connectivity index (χ1n) is 6.76. The van der Waals surface area contributed by atoms with Gasteiger partial charge in [0.05, 0.1) is 10.0 Å². The van der Waals surface area contributed by atoms with Gasteiger partial charge in [0.25, 0.3) is 0 Å². The predicted molar refractivity (Wildman–Crippen MR) is 87.8 cm³/mol. The molecule has 2 aromatic rings. The third kappa shape index (κ3) is 4.04. The van der Waals surface area contributed by atoms with Gasteiger partial charge >= 0.3 is 0 Å². The maximum absolute atomic E-state index is 6.07. The second-order valence-corrected chi connectivity index (χ2v) is 6.34. The Morgan fingerprint density at radius 2 is 1.81 bits per heavy atom. The van der Waals surface area contributed by atoms with Crippen LogP contribution >= 0.6 is 34.8 Å². The molecule has 2 aromatic carbocycles. The predicted octanol–water partition coefficient (Wildman–Crippen LogP) is 5.69. The topological polar surface area (TPSA) is 21.3 Å². The Balaban J connectivity index is 1.81. The fourth-order valence-electron chi connectivity index (χ4n) is 1.98. The van der Waals surface area contributed by atoms with E-state index < -0.39 is 0 Å². The van der Waals surface area contributed by atoms with Crippen LogP contribution in [0.3, 0.4) is 0 Å². The van der Waals surface area contributed by atoms with Gasteiger partial charge in [-0.3, -0.25) is 0 Å². The number of hydrogen-bond acceptors (Lipinski definition) is 2. The van der Waals surface area contributed by atoms with Crippen molar-refractivity contribution in [3.63, 3.8) is 0 Å². The van der Waals surface area contributed by atoms with Crippen LogP contribution in [0.4, 0.5) is 0 Å². The van der Waals surface area contributed by atoms with Crippen LogP contribution in [0.15, 0.2) is 36.4 Å². The minimum absolute atomic E-state index is 0.467. The molecule has 0 amide bonds. The van der Waals surface area contributed by atoms with Crippen molar-refractivity contribution in [2.45, 2.75) is 25.4 Å². The van der Waals surface area contributed by atoms with Gasteiger partial charge in [-0.15, -0.1) is 0 Å². The molecule has 1 N–H and O–H groups in total. The Hall–Kier alpha value is -0.930. The summed E-state index contributed by atoms with van der Waals surface area (Å²) in [6, 6.07) is 11.5. The molecule has 1 aliphatic carbocycles. The van der Waals surface area contributed by atoms with E-state index in [4.69, 9.17) is 39.5 Å². The van der Waals surface area contributed by atoms with Crippen LogP contribution < -0.4 is 10.1 Å². The minimum atomic E-state index is 0.467. The molecule has 0 aliphatic heterocycles. The molecule has 0 heterocycles. The molecule has 1 fully saturated rings. The van der Waals surface area contributed by atoms with Crippen molar-refractivity contribution in [2.24, 2.45) is 0 Å². The summed E-state index contributed by atoms with van der Waals surface area (Å²) in [7, 11) is 0. The zero-order valence-electron chi connectivity index (χ0n) is 11.2. The molecule has 1 saturated carbocycles. The Bertz CT molecular complexity index is 656. The first-order valence-corrected chi connectivity index (χ1v) is 7.90. The van der Waals surface area contributed by atoms with Crippen LogP contribution in [0.1, 0.15) is 18.4 Å². The summed E-state index contributed by atoms with van der Waals surface area (Å²) in [6.07, 6.45) is 2.49. The van der Waals surface area contributed by atoms with Crippen LogP contribution in [-0.2, 0) is 6.54 Å². The van der Waals surface area contributed by atoms with Crippen molar-refractivity contribution in [1.29, 1.82) is 0 Å². The van der Waals surface area contributed by atoms with Crippen LogP contribution in [0.5, 0.6) is 11.5 Å². The van der Waals surface area contributed by atoms with Gasteiger partial charge in [0, 0.05) is 29.2 Å². The Morgan fingerprint density at radius 1 is 1.00 bits per heavy atom. The van der Waals surface area contributed by atoms with E-state index in [1.165, 1.54) is 12.8 Å². The first kappa shape index (κ1) is 15.0. The molecule has 3 rings (SSSR count). The highest BCUT2D eigenvalue weighted by atomic mass is 35.5. The number of ether oxygens (including phenoxy) is 1. The summed E-state index contributed by atoms with van der Waals surface area (Å²) in [6.45, 7) is 0.762. The zero-order chi connectivity index (χ0) is 14.8. The molecule has 0 atom stereocenters. The fraction of sp³-hybridized carbons (Fsp3) is 0.250. The highest BCUT2D eigenvalue weighted by Gasteiger charge is 2.20. The number of nitrogens with one attached hydrogen (secondary N) is 1. The number of halogens is 3. The lowest BCUT2D eigenvalue weighted by molar-refractivity contribution is 0.472. The van der Waals surface area contributed by atoms with Gasteiger partial charge < -0.3 is 10.1 Å². The highest BCUT2D eigenvalue weighted by Crippen LogP contribution is 2.32. The zero-order valence-corrected chi connectivity index (χ0v) is 13.5. The standard InChI is InChI=1S/C16H14Cl3NO/c17-11-2-1-10(9-20-12-3-4-12)16(7-11)21-13-5-6-14(18)15(19)8-13/h1-2,5-8,12,20H,3-4,9H2. The quantitative estimate of drug-likeness (QED) is 0.753. The van der Waals surface area contributed by atoms with Crippen molar-refractivity contribution in [3.8, 4) is 11.5 Å². The summed E-state index contributed by atoms with van der Waals surface area (Å²) < 4.78 is 5.91. The molecule has 21 heavy (non-hydrogen) atoms. The van der Waals surface area contributed by atoms with Gasteiger partial charge in [-0.05, 0) is 37.1 Å². The Labute approximate surface area is 139 Å². The van der Waals surface area contributed by atoms with Gasteiger partial charge in [-0.1, -0.05) is 40.9 Å². The molecule has 0 spiro atoms. The number of hydrogen-bond donors (Lipinski definition) is 1. The Morgan fingerprint density at radius 3 is 2.52 bits per heavy atom. The van der Waals surface area contributed by atoms with Crippen LogP contribution in [0, 0.1) is 0 Å². The molecule has 5 heteroatoms. The molecular weight excluding hydrogens is 329 g/mol. The molecule has 0 aromatic heterocycles. The molecule has 0 radical (unpaired) electrons. The maximum Gasteiger partial charge on any atom is 0.133 e. The lowest BCUT2D eigenvalue weighted by Gasteiger charge is -2.13. The van der Waals surface area contributed by atoms with Gasteiger partial charge in [0.15, 0.2) is 0 Å². The van der Waals surface area contributed by atoms with Crippen LogP contribution in [0.2, 0.25) is 15.1 Å². The second kappa shape index (κ2) is 6.45. The van der Waals surface area contributed by atoms with Crippen molar-refractivity contribution < 1.29 is 4.74 Å². The van der Waals surface area contributed by atoms with E-state index in [-0.39, 0.29) is 0 Å². The lowest BCUT2D eigenvalue weighted by Crippen LogP contribution is -2.15. The summed E-state index contributed by atoms with van der Waals surface area (Å²) in [4.78, 5) is 0. The molecular formula is C16H14Cl3NO. The third-order valence-electron chi connectivity index (χ3n) is 3.31. The van der Waals surface area contributed by atoms with Crippen LogP contribution in [-0.4, -0.2) is 6.04 Å². The van der Waals surface area contributed by atoms with Gasteiger partial charge in [0.2, 0.25) is 0 Å². The van der Waals surface area contributed by atoms with E-state index in [2.05, 4.69) is 5.32 Å². The van der Waals surface area contributed by atoms with Gasteiger partial charge in [-0.2, -0.15) is 0 Å². The molecule has 0 unspecified atom stereocenters. The van der Waals surface area contributed by atoms with E-state index >= 15 is 0 Å². The fourth-order valence-corrected chi connectivity index (χ4v) is 2.43. The molecule has 0 bridgehead atoms. The maximum atomic E-state index is 6.07. The largest absolute Gasteiger partial charge is 0.457 e. The summed E-state index contributed by atoms with van der Waals surface area (Å²) >= 11 is 18.0. The van der Waals surface area contributed by atoms with E-state index in [9.17, 15) is 0 Å². The summed E-state index contributed by atoms with van der Waals surface area (Å²) in [5.74, 6) is 1.37. The van der Waals surface area contributed by atoms with Crippen molar-refractivity contribution in [3.05, 3.63) is 57.0 Å². The van der Waals surface area contributed by atoms with E-state index in [1.54, 1.807) is 18.2 Å². The lowest BCUT2D eigenvalue weighted by atomic mass is 10.2. The Kier molecular flexibility index (Phi) is 4.60. The van der Waals surface area contributed by atoms with Crippen molar-refractivity contribution in [2.75, 3.05) is 0 Å². The normalized spacial score (nSPS) is 14.2. The van der Waals surface area contributed by atoms with Crippen LogP contribution in [0.25, 0.3) is 0 Å². The van der Waals surface area contributed by atoms with Crippen molar-refractivity contribution >= 4 is 34.8 Å². The van der Waals surface area contributed by atoms with Gasteiger partial charge in [-0.25, -0.2) is 0 Å². The van der Waals surface area contributed by atoms with E-state index in [0.29, 0.717) is 26.9 Å². The first-order chi connectivity index (χ1) is 10.1. The third-order valence-corrected chi connectivity index (χ3v) is 4.28.